The first-order valence-electron chi connectivity index (χ1n) is 18.3. The van der Waals surface area contributed by atoms with Crippen LogP contribution in [-0.4, -0.2) is 6.04 Å². The zero-order valence-electron chi connectivity index (χ0n) is 28.9. The standard InChI is InChI=1S/C50H34N2S/c1-2-13-34(14-3-1)40-16-6-9-19-46(40)51(39-27-29-49-45(32-39)42-18-8-11-21-48(42)53-49)38-26-23-35-24-28-43-41-17-7-10-20-47(41)52(50(43)44(35)31-38)37-25-22-33-12-4-5-15-36(33)30-37/h1-32,41,47H. The van der Waals surface area contributed by atoms with Crippen LogP contribution in [0, 0.1) is 0 Å². The zero-order chi connectivity index (χ0) is 34.9. The van der Waals surface area contributed by atoms with Gasteiger partial charge in [0.2, 0.25) is 0 Å². The molecule has 1 aromatic heterocycles. The lowest BCUT2D eigenvalue weighted by atomic mass is 9.90. The normalized spacial score (nSPS) is 16.1. The molecule has 9 aromatic rings. The number of fused-ring (bicyclic) bond motifs is 9. The molecule has 3 heteroatoms. The Labute approximate surface area is 312 Å². The molecule has 2 atom stereocenters. The van der Waals surface area contributed by atoms with E-state index in [-0.39, 0.29) is 12.0 Å². The van der Waals surface area contributed by atoms with Gasteiger partial charge in [-0.3, -0.25) is 0 Å². The van der Waals surface area contributed by atoms with Gasteiger partial charge in [0.05, 0.1) is 17.4 Å². The molecule has 8 aromatic carbocycles. The summed E-state index contributed by atoms with van der Waals surface area (Å²) in [5.74, 6) is 0.277. The van der Waals surface area contributed by atoms with Gasteiger partial charge in [0.15, 0.2) is 0 Å². The van der Waals surface area contributed by atoms with E-state index < -0.39 is 0 Å². The van der Waals surface area contributed by atoms with E-state index >= 15 is 0 Å². The lowest BCUT2D eigenvalue weighted by Crippen LogP contribution is -2.28. The minimum Gasteiger partial charge on any atom is -0.333 e. The number of thiophene rings is 1. The average molecular weight is 695 g/mol. The molecule has 0 saturated carbocycles. The van der Waals surface area contributed by atoms with Crippen LogP contribution in [0.25, 0.3) is 52.8 Å². The second-order valence-electron chi connectivity index (χ2n) is 14.1. The van der Waals surface area contributed by atoms with Gasteiger partial charge in [-0.05, 0) is 81.9 Å². The second kappa shape index (κ2) is 12.1. The van der Waals surface area contributed by atoms with Crippen LogP contribution in [0.15, 0.2) is 194 Å². The number of anilines is 5. The van der Waals surface area contributed by atoms with Crippen LogP contribution in [0.3, 0.4) is 0 Å². The monoisotopic (exact) mass is 694 g/mol. The van der Waals surface area contributed by atoms with Crippen molar-refractivity contribution in [2.75, 3.05) is 9.80 Å². The van der Waals surface area contributed by atoms with E-state index in [4.69, 9.17) is 0 Å². The molecule has 0 N–H and O–H groups in total. The van der Waals surface area contributed by atoms with Gasteiger partial charge >= 0.3 is 0 Å². The zero-order valence-corrected chi connectivity index (χ0v) is 29.7. The summed E-state index contributed by atoms with van der Waals surface area (Å²) in [5.41, 5.74) is 9.70. The Morgan fingerprint density at radius 1 is 0.491 bits per heavy atom. The van der Waals surface area contributed by atoms with Crippen molar-refractivity contribution in [3.63, 3.8) is 0 Å². The summed E-state index contributed by atoms with van der Waals surface area (Å²) in [6, 6.07) is 62.9. The highest BCUT2D eigenvalue weighted by Crippen LogP contribution is 2.52. The predicted octanol–water partition coefficient (Wildman–Crippen LogP) is 14.2. The lowest BCUT2D eigenvalue weighted by Gasteiger charge is -2.30. The molecule has 11 rings (SSSR count). The Morgan fingerprint density at radius 3 is 2.11 bits per heavy atom. The Bertz CT molecular complexity index is 2940. The number of allylic oxidation sites excluding steroid dienone is 2. The van der Waals surface area contributed by atoms with Gasteiger partial charge in [0.25, 0.3) is 0 Å². The van der Waals surface area contributed by atoms with Gasteiger partial charge < -0.3 is 9.80 Å². The van der Waals surface area contributed by atoms with Gasteiger partial charge in [0.1, 0.15) is 0 Å². The fourth-order valence-corrected chi connectivity index (χ4v) is 9.79. The summed E-state index contributed by atoms with van der Waals surface area (Å²) in [7, 11) is 0. The maximum Gasteiger partial charge on any atom is 0.0629 e. The largest absolute Gasteiger partial charge is 0.333 e. The Hall–Kier alpha value is -6.42. The average Bonchev–Trinajstić information content (AvgIpc) is 3.77. The maximum absolute atomic E-state index is 2.59. The molecule has 1 aliphatic carbocycles. The third-order valence-electron chi connectivity index (χ3n) is 11.1. The third-order valence-corrected chi connectivity index (χ3v) is 12.3. The van der Waals surface area contributed by atoms with Gasteiger partial charge in [0, 0.05) is 54.1 Å². The number of rotatable bonds is 5. The summed E-state index contributed by atoms with van der Waals surface area (Å²) in [4.78, 5) is 5.06. The SMILES string of the molecule is C1=CC2c3ccc4ccc(N(c5ccc6sc7ccccc7c6c5)c5ccccc5-c5ccccc5)cc4c3N(c3ccc4ccccc4c3)C2C=C1. The molecule has 2 unspecified atom stereocenters. The molecular weight excluding hydrogens is 661 g/mol. The van der Waals surface area contributed by atoms with Crippen molar-refractivity contribution in [2.24, 2.45) is 0 Å². The fraction of sp³-hybridized carbons (Fsp3) is 0.0400. The van der Waals surface area contributed by atoms with Crippen molar-refractivity contribution in [2.45, 2.75) is 12.0 Å². The molecule has 0 amide bonds. The molecule has 0 spiro atoms. The molecule has 0 bridgehead atoms. The Balaban J connectivity index is 1.16. The highest BCUT2D eigenvalue weighted by molar-refractivity contribution is 7.25. The first-order chi connectivity index (χ1) is 26.3. The van der Waals surface area contributed by atoms with Gasteiger partial charge in [-0.25, -0.2) is 0 Å². The minimum atomic E-state index is 0.203. The smallest absolute Gasteiger partial charge is 0.0629 e. The number of nitrogens with zero attached hydrogens (tertiary/aromatic N) is 2. The maximum atomic E-state index is 2.59. The Morgan fingerprint density at radius 2 is 1.19 bits per heavy atom. The summed E-state index contributed by atoms with van der Waals surface area (Å²) in [5, 5.41) is 7.60. The van der Waals surface area contributed by atoms with E-state index in [2.05, 4.69) is 204 Å². The quantitative estimate of drug-likeness (QED) is 0.177. The van der Waals surface area contributed by atoms with Crippen LogP contribution < -0.4 is 9.80 Å². The molecule has 53 heavy (non-hydrogen) atoms. The van der Waals surface area contributed by atoms with Crippen molar-refractivity contribution in [3.8, 4) is 11.1 Å². The molecule has 0 radical (unpaired) electrons. The van der Waals surface area contributed by atoms with E-state index in [1.807, 2.05) is 11.3 Å². The summed E-state index contributed by atoms with van der Waals surface area (Å²) >= 11 is 1.86. The Kier molecular flexibility index (Phi) is 6.89. The van der Waals surface area contributed by atoms with Crippen LogP contribution in [-0.2, 0) is 0 Å². The van der Waals surface area contributed by atoms with E-state index in [0.717, 1.165) is 17.1 Å². The summed E-state index contributed by atoms with van der Waals surface area (Å²) in [6.45, 7) is 0. The van der Waals surface area contributed by atoms with Crippen LogP contribution in [0.2, 0.25) is 0 Å². The fourth-order valence-electron chi connectivity index (χ4n) is 8.70. The third kappa shape index (κ3) is 4.85. The second-order valence-corrected chi connectivity index (χ2v) is 15.2. The first kappa shape index (κ1) is 30.2. The van der Waals surface area contributed by atoms with Crippen LogP contribution >= 0.6 is 11.3 Å². The number of para-hydroxylation sites is 1. The van der Waals surface area contributed by atoms with Crippen LogP contribution in [0.4, 0.5) is 28.4 Å². The molecule has 2 aliphatic rings. The lowest BCUT2D eigenvalue weighted by molar-refractivity contribution is 0.745. The molecule has 250 valence electrons. The molecule has 2 heterocycles. The van der Waals surface area contributed by atoms with Crippen molar-refractivity contribution in [1.29, 1.82) is 0 Å². The topological polar surface area (TPSA) is 6.48 Å². The molecule has 1 aliphatic heterocycles. The highest BCUT2D eigenvalue weighted by atomic mass is 32.1. The predicted molar refractivity (Wildman–Crippen MR) is 228 cm³/mol. The molecule has 0 saturated heterocycles. The van der Waals surface area contributed by atoms with Crippen molar-refractivity contribution in [3.05, 3.63) is 200 Å². The molecule has 0 fully saturated rings. The van der Waals surface area contributed by atoms with E-state index in [1.165, 1.54) is 69.8 Å². The van der Waals surface area contributed by atoms with Gasteiger partial charge in [-0.1, -0.05) is 140 Å². The van der Waals surface area contributed by atoms with Crippen molar-refractivity contribution < 1.29 is 0 Å². The minimum absolute atomic E-state index is 0.203. The summed E-state index contributed by atoms with van der Waals surface area (Å²) < 4.78 is 2.62. The van der Waals surface area contributed by atoms with Gasteiger partial charge in [-0.2, -0.15) is 0 Å². The number of benzene rings is 8. The summed E-state index contributed by atoms with van der Waals surface area (Å²) in [6.07, 6.45) is 9.17. The van der Waals surface area contributed by atoms with E-state index in [1.54, 1.807) is 0 Å². The molecular formula is C50H34N2S. The van der Waals surface area contributed by atoms with Crippen LogP contribution in [0.5, 0.6) is 0 Å². The van der Waals surface area contributed by atoms with Gasteiger partial charge in [-0.15, -0.1) is 11.3 Å². The highest BCUT2D eigenvalue weighted by Gasteiger charge is 2.38. The molecule has 2 nitrogen and oxygen atoms in total. The van der Waals surface area contributed by atoms with E-state index in [9.17, 15) is 0 Å². The first-order valence-corrected chi connectivity index (χ1v) is 19.2. The number of hydrogen-bond acceptors (Lipinski definition) is 3. The number of hydrogen-bond donors (Lipinski definition) is 0. The van der Waals surface area contributed by atoms with Crippen molar-refractivity contribution >= 4 is 81.5 Å². The van der Waals surface area contributed by atoms with Crippen LogP contribution in [0.1, 0.15) is 11.5 Å². The van der Waals surface area contributed by atoms with E-state index in [0.29, 0.717) is 0 Å². The van der Waals surface area contributed by atoms with Crippen molar-refractivity contribution in [1.82, 2.24) is 0 Å².